The molecule has 6 N–H and O–H groups in total. The molecule has 270 valence electrons. The monoisotopic (exact) mass is 699 g/mol. The van der Waals surface area contributed by atoms with Crippen LogP contribution in [0.2, 0.25) is 0 Å². The molecule has 0 aliphatic heterocycles. The molecule has 51 heavy (non-hydrogen) atoms. The van der Waals surface area contributed by atoms with E-state index in [4.69, 9.17) is 29.2 Å². The SMILES string of the molecule is COc1c(C#N)cc(C2CC(c3cc(C#N)c(OC)c(NCCCO)n3)CC(c3cc(C#N)c(OC)c(NCCCO)n3)C2)nc1NCCCO. The van der Waals surface area contributed by atoms with E-state index in [1.165, 1.54) is 21.3 Å². The van der Waals surface area contributed by atoms with Gasteiger partial charge in [0.05, 0.1) is 38.0 Å². The lowest BCUT2D eigenvalue weighted by Crippen LogP contribution is -2.23. The van der Waals surface area contributed by atoms with E-state index in [1.54, 1.807) is 18.2 Å². The number of aromatic nitrogens is 3. The second kappa shape index (κ2) is 19.1. The number of nitrogens with zero attached hydrogens (tertiary/aromatic N) is 6. The maximum atomic E-state index is 10.1. The first-order valence-electron chi connectivity index (χ1n) is 16.9. The van der Waals surface area contributed by atoms with Gasteiger partial charge >= 0.3 is 0 Å². The second-order valence-electron chi connectivity index (χ2n) is 12.1. The van der Waals surface area contributed by atoms with E-state index in [2.05, 4.69) is 34.2 Å². The number of ether oxygens (including phenoxy) is 3. The molecular formula is C36H45N9O6. The molecule has 1 fully saturated rings. The van der Waals surface area contributed by atoms with Gasteiger partial charge < -0.3 is 45.5 Å². The Labute approximate surface area is 297 Å². The van der Waals surface area contributed by atoms with Gasteiger partial charge in [0.15, 0.2) is 34.7 Å². The van der Waals surface area contributed by atoms with Gasteiger partial charge in [-0.3, -0.25) is 0 Å². The highest BCUT2D eigenvalue weighted by molar-refractivity contribution is 5.62. The van der Waals surface area contributed by atoms with E-state index < -0.39 is 0 Å². The number of nitriles is 3. The van der Waals surface area contributed by atoms with E-state index in [-0.39, 0.29) is 37.6 Å². The van der Waals surface area contributed by atoms with Crippen molar-refractivity contribution in [3.8, 4) is 35.5 Å². The standard InChI is InChI=1S/C36H45N9O6/c1-49-31-25(19-37)16-28(43-34(31)40-7-4-10-46)22-13-23(29-17-26(20-38)32(50-2)35(44-29)41-8-5-11-47)15-24(14-22)30-18-27(21-39)33(51-3)36(45-30)42-9-6-12-48/h16-18,22-24,46-48H,4-15H2,1-3H3,(H,40,43)(H,41,44)(H,42,45). The minimum absolute atomic E-state index is 0.0150. The van der Waals surface area contributed by atoms with Crippen molar-refractivity contribution in [1.29, 1.82) is 15.8 Å². The third kappa shape index (κ3) is 9.24. The molecule has 0 saturated heterocycles. The Morgan fingerprint density at radius 2 is 0.843 bits per heavy atom. The number of nitrogens with one attached hydrogen (secondary N) is 3. The lowest BCUT2D eigenvalue weighted by Gasteiger charge is -2.35. The predicted molar refractivity (Wildman–Crippen MR) is 189 cm³/mol. The molecular weight excluding hydrogens is 654 g/mol. The average molecular weight is 700 g/mol. The first-order valence-corrected chi connectivity index (χ1v) is 16.9. The fraction of sp³-hybridized carbons (Fsp3) is 0.500. The molecule has 3 aromatic rings. The van der Waals surface area contributed by atoms with E-state index in [9.17, 15) is 31.1 Å². The number of methoxy groups -OCH3 is 3. The van der Waals surface area contributed by atoms with Crippen molar-refractivity contribution in [2.45, 2.75) is 56.3 Å². The lowest BCUT2D eigenvalue weighted by atomic mass is 9.71. The van der Waals surface area contributed by atoms with Crippen LogP contribution in [0.15, 0.2) is 18.2 Å². The number of aliphatic hydroxyl groups is 3. The smallest absolute Gasteiger partial charge is 0.178 e. The summed E-state index contributed by atoms with van der Waals surface area (Å²) in [4.78, 5) is 14.8. The van der Waals surface area contributed by atoms with Crippen LogP contribution in [-0.4, -0.2) is 91.1 Å². The molecule has 0 spiro atoms. The molecule has 0 bridgehead atoms. The quantitative estimate of drug-likeness (QED) is 0.104. The molecule has 0 atom stereocenters. The van der Waals surface area contributed by atoms with Crippen molar-refractivity contribution < 1.29 is 29.5 Å². The summed E-state index contributed by atoms with van der Waals surface area (Å²) in [6, 6.07) is 11.9. The molecule has 1 aliphatic carbocycles. The molecule has 0 radical (unpaired) electrons. The van der Waals surface area contributed by atoms with Gasteiger partial charge in [0.1, 0.15) is 18.2 Å². The van der Waals surface area contributed by atoms with Crippen molar-refractivity contribution >= 4 is 17.5 Å². The number of pyridine rings is 3. The molecule has 1 saturated carbocycles. The maximum Gasteiger partial charge on any atom is 0.178 e. The Hall–Kier alpha value is -5.40. The van der Waals surface area contributed by atoms with E-state index in [1.807, 2.05) is 0 Å². The zero-order valence-electron chi connectivity index (χ0n) is 29.2. The molecule has 0 amide bonds. The highest BCUT2D eigenvalue weighted by Gasteiger charge is 2.36. The second-order valence-corrected chi connectivity index (χ2v) is 12.1. The average Bonchev–Trinajstić information content (AvgIpc) is 3.16. The third-order valence-electron chi connectivity index (χ3n) is 8.80. The van der Waals surface area contributed by atoms with Gasteiger partial charge in [-0.2, -0.15) is 15.8 Å². The summed E-state index contributed by atoms with van der Waals surface area (Å²) in [6.07, 6.45) is 3.13. The topological polar surface area (TPSA) is 235 Å². The maximum absolute atomic E-state index is 10.1. The number of hydrogen-bond donors (Lipinski definition) is 6. The van der Waals surface area contributed by atoms with Crippen LogP contribution in [-0.2, 0) is 0 Å². The summed E-state index contributed by atoms with van der Waals surface area (Å²) in [5.74, 6) is 1.47. The summed E-state index contributed by atoms with van der Waals surface area (Å²) in [5, 5.41) is 68.0. The number of aliphatic hydroxyl groups excluding tert-OH is 3. The van der Waals surface area contributed by atoms with Crippen molar-refractivity contribution in [2.24, 2.45) is 0 Å². The number of anilines is 3. The van der Waals surface area contributed by atoms with Gasteiger partial charge in [0.2, 0.25) is 0 Å². The lowest BCUT2D eigenvalue weighted by molar-refractivity contribution is 0.292. The highest BCUT2D eigenvalue weighted by atomic mass is 16.5. The van der Waals surface area contributed by atoms with Gasteiger partial charge in [-0.15, -0.1) is 0 Å². The summed E-state index contributed by atoms with van der Waals surface area (Å²) in [5.41, 5.74) is 2.88. The first kappa shape index (κ1) is 38.4. The van der Waals surface area contributed by atoms with E-state index in [0.29, 0.717) is 127 Å². The van der Waals surface area contributed by atoms with Crippen LogP contribution in [0, 0.1) is 34.0 Å². The van der Waals surface area contributed by atoms with Crippen LogP contribution in [0.5, 0.6) is 17.2 Å². The molecule has 15 nitrogen and oxygen atoms in total. The Morgan fingerprint density at radius 3 is 1.06 bits per heavy atom. The van der Waals surface area contributed by atoms with Gasteiger partial charge in [0.25, 0.3) is 0 Å². The summed E-state index contributed by atoms with van der Waals surface area (Å²) >= 11 is 0. The normalized spacial score (nSPS) is 16.6. The van der Waals surface area contributed by atoms with Crippen LogP contribution >= 0.6 is 0 Å². The van der Waals surface area contributed by atoms with Gasteiger partial charge in [-0.25, -0.2) is 15.0 Å². The van der Waals surface area contributed by atoms with Gasteiger partial charge in [-0.1, -0.05) is 0 Å². The fourth-order valence-corrected chi connectivity index (χ4v) is 6.42. The molecule has 1 aliphatic rings. The first-order chi connectivity index (χ1) is 24.9. The summed E-state index contributed by atoms with van der Waals surface area (Å²) in [7, 11) is 4.43. The largest absolute Gasteiger partial charge is 0.492 e. The Morgan fingerprint density at radius 1 is 0.569 bits per heavy atom. The van der Waals surface area contributed by atoms with Crippen molar-refractivity contribution in [3.05, 3.63) is 52.0 Å². The molecule has 3 aromatic heterocycles. The Kier molecular flexibility index (Phi) is 14.4. The molecule has 3 heterocycles. The van der Waals surface area contributed by atoms with Gasteiger partial charge in [0, 0.05) is 74.3 Å². The van der Waals surface area contributed by atoms with Crippen LogP contribution in [0.4, 0.5) is 17.5 Å². The summed E-state index contributed by atoms with van der Waals surface area (Å²) in [6.45, 7) is 1.21. The minimum atomic E-state index is -0.217. The van der Waals surface area contributed by atoms with Gasteiger partial charge in [-0.05, 0) is 56.7 Å². The van der Waals surface area contributed by atoms with E-state index >= 15 is 0 Å². The minimum Gasteiger partial charge on any atom is -0.492 e. The fourth-order valence-electron chi connectivity index (χ4n) is 6.42. The Bertz CT molecular complexity index is 1560. The van der Waals surface area contributed by atoms with Crippen LogP contribution < -0.4 is 30.2 Å². The highest BCUT2D eigenvalue weighted by Crippen LogP contribution is 2.49. The Balaban J connectivity index is 1.87. The predicted octanol–water partition coefficient (Wildman–Crippen LogP) is 3.73. The van der Waals surface area contributed by atoms with Crippen LogP contribution in [0.3, 0.4) is 0 Å². The molecule has 15 heteroatoms. The van der Waals surface area contributed by atoms with Crippen molar-refractivity contribution in [1.82, 2.24) is 15.0 Å². The zero-order valence-corrected chi connectivity index (χ0v) is 29.2. The van der Waals surface area contributed by atoms with Crippen molar-refractivity contribution in [3.63, 3.8) is 0 Å². The molecule has 4 rings (SSSR count). The van der Waals surface area contributed by atoms with Crippen molar-refractivity contribution in [2.75, 3.05) is 76.7 Å². The molecule has 0 aromatic carbocycles. The third-order valence-corrected chi connectivity index (χ3v) is 8.80. The molecule has 0 unspecified atom stereocenters. The summed E-state index contributed by atoms with van der Waals surface area (Å²) < 4.78 is 16.7. The number of hydrogen-bond acceptors (Lipinski definition) is 15. The van der Waals surface area contributed by atoms with Crippen LogP contribution in [0.25, 0.3) is 0 Å². The van der Waals surface area contributed by atoms with E-state index in [0.717, 1.165) is 0 Å². The zero-order chi connectivity index (χ0) is 36.8. The van der Waals surface area contributed by atoms with Crippen LogP contribution in [0.1, 0.15) is 90.1 Å². The number of rotatable bonds is 18.